The Morgan fingerprint density at radius 3 is 2.43 bits per heavy atom. The van der Waals surface area contributed by atoms with Gasteiger partial charge in [0, 0.05) is 4.47 Å². The van der Waals surface area contributed by atoms with Crippen molar-refractivity contribution >= 4 is 37.4 Å². The molecular weight excluding hydrogens is 461 g/mol. The molecule has 0 aliphatic heterocycles. The van der Waals surface area contributed by atoms with Crippen LogP contribution in [0.15, 0.2) is 22.7 Å². The SMILES string of the molecule is CCCCCCCCCc1[c-]sc2cc(Br)ccc12.[Br-].[Zn+2]. The molecule has 0 nitrogen and oxygen atoms in total. The summed E-state index contributed by atoms with van der Waals surface area (Å²) in [6, 6.07) is 6.56. The average Bonchev–Trinajstić information content (AvgIpc) is 2.80. The maximum absolute atomic E-state index is 3.53. The number of unbranched alkanes of at least 4 members (excludes halogenated alkanes) is 6. The zero-order chi connectivity index (χ0) is 13.5. The van der Waals surface area contributed by atoms with E-state index in [1.807, 2.05) is 0 Å². The van der Waals surface area contributed by atoms with Gasteiger partial charge in [0.2, 0.25) is 0 Å². The van der Waals surface area contributed by atoms with Gasteiger partial charge < -0.3 is 17.0 Å². The summed E-state index contributed by atoms with van der Waals surface area (Å²) in [5.74, 6) is 0. The number of thiophene rings is 1. The third-order valence-corrected chi connectivity index (χ3v) is 4.98. The fourth-order valence-electron chi connectivity index (χ4n) is 2.45. The Kier molecular flexibility index (Phi) is 12.7. The number of aryl methyl sites for hydroxylation is 1. The normalized spacial score (nSPS) is 10.2. The van der Waals surface area contributed by atoms with Crippen molar-refractivity contribution in [3.05, 3.63) is 33.6 Å². The van der Waals surface area contributed by atoms with Crippen LogP contribution < -0.4 is 17.0 Å². The Labute approximate surface area is 164 Å². The summed E-state index contributed by atoms with van der Waals surface area (Å²) in [4.78, 5) is 0. The molecule has 2 rings (SSSR count). The Bertz CT molecular complexity index is 510. The molecule has 0 saturated heterocycles. The molecule has 0 amide bonds. The molecule has 0 N–H and O–H groups in total. The first-order chi connectivity index (χ1) is 9.31. The van der Waals surface area contributed by atoms with Gasteiger partial charge in [0.1, 0.15) is 0 Å². The Morgan fingerprint density at radius 2 is 1.71 bits per heavy atom. The predicted octanol–water partition coefficient (Wildman–Crippen LogP) is 3.76. The van der Waals surface area contributed by atoms with E-state index in [0.717, 1.165) is 4.47 Å². The van der Waals surface area contributed by atoms with Crippen molar-refractivity contribution in [1.29, 1.82) is 0 Å². The van der Waals surface area contributed by atoms with E-state index in [1.54, 1.807) is 11.3 Å². The summed E-state index contributed by atoms with van der Waals surface area (Å²) in [7, 11) is 0. The second-order valence-corrected chi connectivity index (χ2v) is 6.96. The van der Waals surface area contributed by atoms with E-state index in [-0.39, 0.29) is 36.5 Å². The first kappa shape index (κ1) is 21.8. The van der Waals surface area contributed by atoms with Crippen molar-refractivity contribution in [3.63, 3.8) is 0 Å². The standard InChI is InChI=1S/C17H22BrS.BrH.Zn/c1-2-3-4-5-6-7-8-9-14-13-19-17-12-15(18)10-11-16(14)17;;/h10-12H,2-9H2,1H3;1H;/q-1;;+2/p-1. The van der Waals surface area contributed by atoms with Crippen LogP contribution in [0.3, 0.4) is 0 Å². The fourth-order valence-corrected chi connectivity index (χ4v) is 3.89. The number of rotatable bonds is 8. The van der Waals surface area contributed by atoms with E-state index >= 15 is 0 Å². The molecule has 0 radical (unpaired) electrons. The minimum atomic E-state index is 0. The molecule has 1 aromatic carbocycles. The third-order valence-electron chi connectivity index (χ3n) is 3.58. The van der Waals surface area contributed by atoms with Crippen molar-refractivity contribution in [1.82, 2.24) is 0 Å². The van der Waals surface area contributed by atoms with Crippen LogP contribution in [0.5, 0.6) is 0 Å². The topological polar surface area (TPSA) is 0 Å². The zero-order valence-corrected chi connectivity index (χ0v) is 19.7. The summed E-state index contributed by atoms with van der Waals surface area (Å²) >= 11 is 5.28. The van der Waals surface area contributed by atoms with Crippen LogP contribution in [0, 0.1) is 5.38 Å². The summed E-state index contributed by atoms with van der Waals surface area (Å²) in [5, 5.41) is 4.87. The number of hydrogen-bond donors (Lipinski definition) is 0. The van der Waals surface area contributed by atoms with Crippen LogP contribution in [0.25, 0.3) is 10.1 Å². The molecule has 0 aliphatic rings. The number of hydrogen-bond acceptors (Lipinski definition) is 1. The van der Waals surface area contributed by atoms with Gasteiger partial charge in [-0.05, 0) is 0 Å². The molecule has 112 valence electrons. The summed E-state index contributed by atoms with van der Waals surface area (Å²) in [6.45, 7) is 2.27. The third kappa shape index (κ3) is 7.25. The largest absolute Gasteiger partial charge is 2.00 e. The molecule has 4 heteroatoms. The van der Waals surface area contributed by atoms with Crippen molar-refractivity contribution in [2.75, 3.05) is 0 Å². The molecule has 1 heterocycles. The maximum Gasteiger partial charge on any atom is 2.00 e. The Balaban J connectivity index is 0.00000200. The van der Waals surface area contributed by atoms with E-state index in [9.17, 15) is 0 Å². The van der Waals surface area contributed by atoms with E-state index in [4.69, 9.17) is 0 Å². The van der Waals surface area contributed by atoms with E-state index in [1.165, 1.54) is 67.0 Å². The van der Waals surface area contributed by atoms with E-state index in [0.29, 0.717) is 0 Å². The number of halogens is 2. The van der Waals surface area contributed by atoms with Gasteiger partial charge in [0.15, 0.2) is 0 Å². The molecule has 0 saturated carbocycles. The minimum absolute atomic E-state index is 0. The maximum atomic E-state index is 3.53. The molecule has 0 atom stereocenters. The van der Waals surface area contributed by atoms with Crippen LogP contribution in [-0.4, -0.2) is 0 Å². The summed E-state index contributed by atoms with van der Waals surface area (Å²) in [5.41, 5.74) is 1.42. The Hall–Kier alpha value is 0.763. The molecule has 21 heavy (non-hydrogen) atoms. The minimum Gasteiger partial charge on any atom is -1.00 e. The van der Waals surface area contributed by atoms with Crippen LogP contribution in [0.1, 0.15) is 57.4 Å². The van der Waals surface area contributed by atoms with Gasteiger partial charge >= 0.3 is 19.5 Å². The quantitative estimate of drug-likeness (QED) is 0.305. The average molecular weight is 484 g/mol. The van der Waals surface area contributed by atoms with Gasteiger partial charge in [0.25, 0.3) is 0 Å². The van der Waals surface area contributed by atoms with Crippen LogP contribution >= 0.6 is 27.3 Å². The number of benzene rings is 1. The van der Waals surface area contributed by atoms with Crippen molar-refractivity contribution in [2.45, 2.75) is 58.3 Å². The van der Waals surface area contributed by atoms with Crippen molar-refractivity contribution < 1.29 is 36.5 Å². The molecule has 1 aromatic heterocycles. The summed E-state index contributed by atoms with van der Waals surface area (Å²) < 4.78 is 2.52. The second-order valence-electron chi connectivity index (χ2n) is 5.19. The van der Waals surface area contributed by atoms with E-state index < -0.39 is 0 Å². The van der Waals surface area contributed by atoms with Crippen molar-refractivity contribution in [3.8, 4) is 0 Å². The van der Waals surface area contributed by atoms with Gasteiger partial charge in [0.05, 0.1) is 0 Å². The number of fused-ring (bicyclic) bond motifs is 1. The van der Waals surface area contributed by atoms with Gasteiger partial charge in [-0.1, -0.05) is 86.4 Å². The molecular formula is C17H22Br2SZn. The van der Waals surface area contributed by atoms with E-state index in [2.05, 4.69) is 46.4 Å². The van der Waals surface area contributed by atoms with Crippen LogP contribution in [0.2, 0.25) is 0 Å². The molecule has 0 spiro atoms. The molecule has 2 aromatic rings. The first-order valence-corrected chi connectivity index (χ1v) is 9.01. The Morgan fingerprint density at radius 1 is 1.05 bits per heavy atom. The van der Waals surface area contributed by atoms with Crippen molar-refractivity contribution in [2.24, 2.45) is 0 Å². The molecule has 0 unspecified atom stereocenters. The van der Waals surface area contributed by atoms with Gasteiger partial charge in [-0.15, -0.1) is 16.1 Å². The fraction of sp³-hybridized carbons (Fsp3) is 0.529. The van der Waals surface area contributed by atoms with Gasteiger partial charge in [-0.2, -0.15) is 10.9 Å². The first-order valence-electron chi connectivity index (χ1n) is 7.40. The second kappa shape index (κ2) is 12.2. The van der Waals surface area contributed by atoms with Gasteiger partial charge in [-0.25, -0.2) is 0 Å². The van der Waals surface area contributed by atoms with Crippen LogP contribution in [-0.2, 0) is 25.9 Å². The van der Waals surface area contributed by atoms with Gasteiger partial charge in [-0.3, -0.25) is 11.3 Å². The molecule has 0 aliphatic carbocycles. The smallest absolute Gasteiger partial charge is 1.00 e. The predicted molar refractivity (Wildman–Crippen MR) is 90.1 cm³/mol. The molecule has 0 fully saturated rings. The van der Waals surface area contributed by atoms with Crippen LogP contribution in [0.4, 0.5) is 0 Å². The monoisotopic (exact) mass is 480 g/mol. The molecule has 0 bridgehead atoms. The summed E-state index contributed by atoms with van der Waals surface area (Å²) in [6.07, 6.45) is 10.8. The zero-order valence-electron chi connectivity index (χ0n) is 12.8.